The van der Waals surface area contributed by atoms with Crippen LogP contribution < -0.4 is 0 Å². The van der Waals surface area contributed by atoms with Crippen LogP contribution in [0.4, 0.5) is 8.78 Å². The summed E-state index contributed by atoms with van der Waals surface area (Å²) in [6.45, 7) is 3.10. The predicted molar refractivity (Wildman–Crippen MR) is 63.9 cm³/mol. The number of carbonyl (C=O) groups excluding carboxylic acids is 1. The highest BCUT2D eigenvalue weighted by Gasteiger charge is 2.18. The number of benzene rings is 1. The molecule has 0 saturated heterocycles. The standard InChI is InChI=1S/C12H13BrF2O2/c1-3-8-4-5-9(6-17-7(2)16)11(13)10(8)12(14)15/h4-5,12H,3,6H2,1-2H3. The second-order valence-corrected chi connectivity index (χ2v) is 4.34. The van der Waals surface area contributed by atoms with Crippen molar-refractivity contribution in [2.75, 3.05) is 0 Å². The van der Waals surface area contributed by atoms with E-state index in [0.29, 0.717) is 22.0 Å². The lowest BCUT2D eigenvalue weighted by atomic mass is 10.0. The maximum Gasteiger partial charge on any atom is 0.302 e. The lowest BCUT2D eigenvalue weighted by Gasteiger charge is -2.13. The highest BCUT2D eigenvalue weighted by atomic mass is 79.9. The van der Waals surface area contributed by atoms with Crippen LogP contribution in [-0.4, -0.2) is 5.97 Å². The number of esters is 1. The summed E-state index contributed by atoms with van der Waals surface area (Å²) in [5.41, 5.74) is 1.13. The van der Waals surface area contributed by atoms with Gasteiger partial charge in [0, 0.05) is 22.5 Å². The molecular weight excluding hydrogens is 294 g/mol. The summed E-state index contributed by atoms with van der Waals surface area (Å²) in [6, 6.07) is 3.34. The molecular formula is C12H13BrF2O2. The van der Waals surface area contributed by atoms with Gasteiger partial charge in [0.15, 0.2) is 0 Å². The first-order valence-corrected chi connectivity index (χ1v) is 5.98. The quantitative estimate of drug-likeness (QED) is 0.786. The van der Waals surface area contributed by atoms with E-state index in [-0.39, 0.29) is 12.2 Å². The van der Waals surface area contributed by atoms with Gasteiger partial charge in [-0.1, -0.05) is 19.1 Å². The van der Waals surface area contributed by atoms with Crippen LogP contribution in [0.5, 0.6) is 0 Å². The molecule has 0 radical (unpaired) electrons. The van der Waals surface area contributed by atoms with Gasteiger partial charge in [-0.2, -0.15) is 0 Å². The minimum Gasteiger partial charge on any atom is -0.461 e. The van der Waals surface area contributed by atoms with Crippen molar-refractivity contribution in [1.29, 1.82) is 0 Å². The monoisotopic (exact) mass is 306 g/mol. The van der Waals surface area contributed by atoms with Gasteiger partial charge < -0.3 is 4.74 Å². The summed E-state index contributed by atoms with van der Waals surface area (Å²) >= 11 is 3.15. The Balaban J connectivity index is 3.09. The molecule has 0 N–H and O–H groups in total. The number of hydrogen-bond donors (Lipinski definition) is 0. The van der Waals surface area contributed by atoms with Gasteiger partial charge in [0.25, 0.3) is 6.43 Å². The third kappa shape index (κ3) is 3.49. The van der Waals surface area contributed by atoms with Crippen molar-refractivity contribution in [3.8, 4) is 0 Å². The van der Waals surface area contributed by atoms with Crippen LogP contribution in [-0.2, 0) is 22.6 Å². The van der Waals surface area contributed by atoms with Gasteiger partial charge in [-0.15, -0.1) is 0 Å². The van der Waals surface area contributed by atoms with Gasteiger partial charge in [-0.05, 0) is 27.9 Å². The minimum absolute atomic E-state index is 0.000366. The fourth-order valence-electron chi connectivity index (χ4n) is 1.51. The molecule has 1 aromatic carbocycles. The Bertz CT molecular complexity index is 419. The number of rotatable bonds is 4. The molecule has 1 rings (SSSR count). The lowest BCUT2D eigenvalue weighted by Crippen LogP contribution is -2.03. The van der Waals surface area contributed by atoms with E-state index in [2.05, 4.69) is 15.9 Å². The maximum absolute atomic E-state index is 12.9. The predicted octanol–water partition coefficient (Wildman–Crippen LogP) is 4.01. The Hall–Kier alpha value is -0.970. The molecule has 5 heteroatoms. The fraction of sp³-hybridized carbons (Fsp3) is 0.417. The largest absolute Gasteiger partial charge is 0.461 e. The van der Waals surface area contributed by atoms with Gasteiger partial charge >= 0.3 is 5.97 Å². The second-order valence-electron chi connectivity index (χ2n) is 3.55. The molecule has 2 nitrogen and oxygen atoms in total. The normalized spacial score (nSPS) is 10.7. The van der Waals surface area contributed by atoms with E-state index >= 15 is 0 Å². The summed E-state index contributed by atoms with van der Waals surface area (Å²) in [6.07, 6.45) is -2.01. The summed E-state index contributed by atoms with van der Waals surface area (Å²) in [5, 5.41) is 0. The van der Waals surface area contributed by atoms with E-state index in [0.717, 1.165) is 0 Å². The molecule has 0 bridgehead atoms. The van der Waals surface area contributed by atoms with Crippen molar-refractivity contribution >= 4 is 21.9 Å². The Morgan fingerprint density at radius 1 is 1.41 bits per heavy atom. The summed E-state index contributed by atoms with van der Waals surface area (Å²) < 4.78 is 31.0. The molecule has 1 aromatic rings. The molecule has 94 valence electrons. The van der Waals surface area contributed by atoms with E-state index in [1.54, 1.807) is 12.1 Å². The van der Waals surface area contributed by atoms with Gasteiger partial charge in [-0.3, -0.25) is 4.79 Å². The molecule has 0 aliphatic carbocycles. The SMILES string of the molecule is CCc1ccc(COC(C)=O)c(Br)c1C(F)F. The van der Waals surface area contributed by atoms with Crippen molar-refractivity contribution in [2.24, 2.45) is 0 Å². The Morgan fingerprint density at radius 2 is 2.00 bits per heavy atom. The van der Waals surface area contributed by atoms with Crippen LogP contribution in [0, 0.1) is 0 Å². The molecule has 0 fully saturated rings. The maximum atomic E-state index is 12.9. The number of ether oxygens (including phenoxy) is 1. The molecule has 0 spiro atoms. The van der Waals surface area contributed by atoms with Crippen molar-refractivity contribution < 1.29 is 18.3 Å². The van der Waals surface area contributed by atoms with Gasteiger partial charge in [0.05, 0.1) is 0 Å². The van der Waals surface area contributed by atoms with Crippen LogP contribution in [0.3, 0.4) is 0 Å². The van der Waals surface area contributed by atoms with Crippen molar-refractivity contribution in [3.05, 3.63) is 33.3 Å². The Kier molecular flexibility index (Phi) is 5.05. The smallest absolute Gasteiger partial charge is 0.302 e. The van der Waals surface area contributed by atoms with E-state index in [9.17, 15) is 13.6 Å². The molecule has 0 atom stereocenters. The lowest BCUT2D eigenvalue weighted by molar-refractivity contribution is -0.142. The number of halogens is 3. The highest BCUT2D eigenvalue weighted by molar-refractivity contribution is 9.10. The Morgan fingerprint density at radius 3 is 2.47 bits per heavy atom. The van der Waals surface area contributed by atoms with E-state index in [4.69, 9.17) is 4.74 Å². The van der Waals surface area contributed by atoms with Crippen molar-refractivity contribution in [2.45, 2.75) is 33.3 Å². The molecule has 0 unspecified atom stereocenters. The molecule has 0 saturated carbocycles. The van der Waals surface area contributed by atoms with Crippen LogP contribution in [0.1, 0.15) is 37.0 Å². The van der Waals surface area contributed by atoms with Gasteiger partial charge in [0.2, 0.25) is 0 Å². The topological polar surface area (TPSA) is 26.3 Å². The van der Waals surface area contributed by atoms with Crippen LogP contribution >= 0.6 is 15.9 Å². The number of hydrogen-bond acceptors (Lipinski definition) is 2. The third-order valence-corrected chi connectivity index (χ3v) is 3.32. The molecule has 0 heterocycles. The third-order valence-electron chi connectivity index (χ3n) is 2.38. The summed E-state index contributed by atoms with van der Waals surface area (Å²) in [5.74, 6) is -0.435. The zero-order chi connectivity index (χ0) is 13.0. The molecule has 0 aliphatic heterocycles. The summed E-state index contributed by atoms with van der Waals surface area (Å²) in [4.78, 5) is 10.7. The number of carbonyl (C=O) groups is 1. The average molecular weight is 307 g/mol. The van der Waals surface area contributed by atoms with Crippen LogP contribution in [0.2, 0.25) is 0 Å². The molecule has 0 amide bonds. The van der Waals surface area contributed by atoms with E-state index in [1.807, 2.05) is 6.92 Å². The summed E-state index contributed by atoms with van der Waals surface area (Å²) in [7, 11) is 0. The second kappa shape index (κ2) is 6.10. The van der Waals surface area contributed by atoms with Gasteiger partial charge in [-0.25, -0.2) is 8.78 Å². The first-order valence-electron chi connectivity index (χ1n) is 5.19. The van der Waals surface area contributed by atoms with Crippen molar-refractivity contribution in [1.82, 2.24) is 0 Å². The van der Waals surface area contributed by atoms with Crippen molar-refractivity contribution in [3.63, 3.8) is 0 Å². The van der Waals surface area contributed by atoms with Crippen LogP contribution in [0.25, 0.3) is 0 Å². The van der Waals surface area contributed by atoms with E-state index < -0.39 is 12.4 Å². The number of aryl methyl sites for hydroxylation is 1. The molecule has 0 aliphatic rings. The molecule has 17 heavy (non-hydrogen) atoms. The first kappa shape index (κ1) is 14.1. The average Bonchev–Trinajstić information content (AvgIpc) is 2.26. The van der Waals surface area contributed by atoms with E-state index in [1.165, 1.54) is 6.92 Å². The highest BCUT2D eigenvalue weighted by Crippen LogP contribution is 2.34. The fourth-order valence-corrected chi connectivity index (χ4v) is 2.19. The molecule has 0 aromatic heterocycles. The zero-order valence-corrected chi connectivity index (χ0v) is 11.2. The van der Waals surface area contributed by atoms with Crippen LogP contribution in [0.15, 0.2) is 16.6 Å². The van der Waals surface area contributed by atoms with Gasteiger partial charge in [0.1, 0.15) is 6.61 Å². The number of alkyl halides is 2. The minimum atomic E-state index is -2.54. The zero-order valence-electron chi connectivity index (χ0n) is 9.60. The first-order chi connectivity index (χ1) is 7.97. The Labute approximate surface area is 107 Å².